The van der Waals surface area contributed by atoms with Crippen molar-refractivity contribution in [3.63, 3.8) is 0 Å². The molecule has 0 spiro atoms. The number of amidine groups is 1. The van der Waals surface area contributed by atoms with Crippen LogP contribution in [0.3, 0.4) is 0 Å². The molecule has 3 unspecified atom stereocenters. The lowest BCUT2D eigenvalue weighted by molar-refractivity contribution is -0.385. The summed E-state index contributed by atoms with van der Waals surface area (Å²) < 4.78 is 9.09. The lowest BCUT2D eigenvalue weighted by Gasteiger charge is -2.20. The van der Waals surface area contributed by atoms with Gasteiger partial charge in [-0.05, 0) is 296 Å². The van der Waals surface area contributed by atoms with E-state index in [1.165, 1.54) is 86.4 Å². The monoisotopic (exact) mass is 1870 g/mol. The number of nitrogen functional groups attached to an aromatic ring is 1. The molecule has 3 aliphatic heterocycles. The number of H-pyrrole nitrogens is 1. The first kappa shape index (κ1) is 86.1. The average Bonchev–Trinajstić information content (AvgIpc) is 1.67. The number of non-ortho nitro benzene ring substituents is 4. The number of nitrogens with one attached hydrogen (secondary N) is 2. The van der Waals surface area contributed by atoms with Crippen molar-refractivity contribution in [3.05, 3.63) is 288 Å². The Kier molecular flexibility index (Phi) is 29.3. The maximum Gasteiger partial charge on any atom is 0.269 e. The third-order valence-electron chi connectivity index (χ3n) is 21.8. The van der Waals surface area contributed by atoms with Gasteiger partial charge in [-0.3, -0.25) is 45.9 Å². The lowest BCUT2D eigenvalue weighted by Crippen LogP contribution is -2.26. The SMILES string of the molecule is CN1CCCC1CCn1c(-c2ccc([N+](=O)[O-])cc2)cc2cc(Br)ccc21.CN1CCCC1CCn1c(-c2ccc([N+](=O)[O-])cc2)cc2cc(N)ccc21.CN1CCCC1CCn1c(-c2ccc([N+](=O)[O-])cc2)cc2cc(N=C(N)c3cccs3)ccc21.CSC(=N)c1cccs1.I.O=[N+]([O-])c1ccc(-c2cc3cc(Br)ccc3[nH]2)cc1. The number of thioether (sulfide) groups is 1. The molecular formula is C88H90Br2IN15O8S3. The third-order valence-corrected chi connectivity index (χ3v) is 25.3. The van der Waals surface area contributed by atoms with Gasteiger partial charge in [-0.15, -0.1) is 58.4 Å². The zero-order valence-corrected chi connectivity index (χ0v) is 73.0. The van der Waals surface area contributed by atoms with Crippen LogP contribution in [0.1, 0.15) is 67.5 Å². The Labute approximate surface area is 723 Å². The fourth-order valence-corrected chi connectivity index (χ4v) is 18.2. The summed E-state index contributed by atoms with van der Waals surface area (Å²) in [7, 11) is 6.61. The summed E-state index contributed by atoms with van der Waals surface area (Å²) in [5.74, 6) is 0.508. The summed E-state index contributed by atoms with van der Waals surface area (Å²) >= 11 is 11.6. The number of aromatic nitrogens is 4. The molecule has 0 amide bonds. The number of nitro benzene ring substituents is 4. The van der Waals surface area contributed by atoms with Gasteiger partial charge in [0, 0.05) is 167 Å². The quantitative estimate of drug-likeness (QED) is 0.0138. The number of aliphatic imine (C=N–C) groups is 1. The number of rotatable bonds is 20. The van der Waals surface area contributed by atoms with Crippen LogP contribution >= 0.6 is 90.3 Å². The molecule has 9 heterocycles. The van der Waals surface area contributed by atoms with E-state index in [1.54, 1.807) is 71.2 Å². The molecule has 6 N–H and O–H groups in total. The number of hydrogen-bond donors (Lipinski definition) is 4. The van der Waals surface area contributed by atoms with Gasteiger partial charge in [-0.25, -0.2) is 4.99 Å². The largest absolute Gasteiger partial charge is 0.399 e. The summed E-state index contributed by atoms with van der Waals surface area (Å²) in [6, 6.07) is 69.6. The van der Waals surface area contributed by atoms with E-state index in [9.17, 15) is 40.5 Å². The zero-order chi connectivity index (χ0) is 81.7. The van der Waals surface area contributed by atoms with Crippen molar-refractivity contribution in [2.24, 2.45) is 10.7 Å². The fourth-order valence-electron chi connectivity index (χ4n) is 15.6. The van der Waals surface area contributed by atoms with Gasteiger partial charge in [0.2, 0.25) is 0 Å². The molecule has 3 saturated heterocycles. The number of nitrogens with two attached hydrogens (primary N) is 2. The third kappa shape index (κ3) is 21.4. The predicted molar refractivity (Wildman–Crippen MR) is 498 cm³/mol. The number of halogens is 3. The van der Waals surface area contributed by atoms with Crippen LogP contribution in [-0.4, -0.2) is 129 Å². The Bertz CT molecular complexity index is 5680. The molecule has 0 bridgehead atoms. The molecule has 8 aromatic carbocycles. The Morgan fingerprint density at radius 2 is 0.863 bits per heavy atom. The molecule has 0 saturated carbocycles. The van der Waals surface area contributed by atoms with E-state index >= 15 is 0 Å². The summed E-state index contributed by atoms with van der Waals surface area (Å²) in [5, 5.41) is 60.1. The highest BCUT2D eigenvalue weighted by Gasteiger charge is 2.26. The molecule has 29 heteroatoms. The maximum atomic E-state index is 11.1. The van der Waals surface area contributed by atoms with Crippen LogP contribution < -0.4 is 11.5 Å². The summed E-state index contributed by atoms with van der Waals surface area (Å²) in [4.78, 5) is 59.4. The van der Waals surface area contributed by atoms with Gasteiger partial charge < -0.3 is 44.9 Å². The number of hydrogen-bond acceptors (Lipinski definition) is 17. The topological polar surface area (TPSA) is 301 Å². The van der Waals surface area contributed by atoms with E-state index in [0.717, 1.165) is 153 Å². The first-order valence-electron chi connectivity index (χ1n) is 38.3. The van der Waals surface area contributed by atoms with E-state index in [4.69, 9.17) is 16.9 Å². The van der Waals surface area contributed by atoms with Crippen LogP contribution in [0.15, 0.2) is 243 Å². The Morgan fingerprint density at radius 3 is 1.26 bits per heavy atom. The molecule has 3 fully saturated rings. The molecule has 0 aliphatic carbocycles. The number of benzene rings is 8. The summed E-state index contributed by atoms with van der Waals surface area (Å²) in [6.45, 7) is 6.23. The first-order chi connectivity index (χ1) is 56.0. The van der Waals surface area contributed by atoms with Gasteiger partial charge in [0.05, 0.1) is 35.1 Å². The minimum absolute atomic E-state index is 0. The van der Waals surface area contributed by atoms with Crippen molar-refractivity contribution in [1.82, 2.24) is 33.4 Å². The number of nitro groups is 4. The smallest absolute Gasteiger partial charge is 0.269 e. The molecule has 0 radical (unpaired) electrons. The highest BCUT2D eigenvalue weighted by Crippen LogP contribution is 2.38. The second-order valence-electron chi connectivity index (χ2n) is 29.1. The number of anilines is 1. The van der Waals surface area contributed by atoms with E-state index in [1.807, 2.05) is 120 Å². The Balaban J connectivity index is 0.000000140. The molecular weight excluding hydrogens is 1780 g/mol. The number of aromatic amines is 1. The van der Waals surface area contributed by atoms with Gasteiger partial charge in [0.15, 0.2) is 0 Å². The minimum Gasteiger partial charge on any atom is -0.399 e. The van der Waals surface area contributed by atoms with E-state index in [2.05, 4.69) is 146 Å². The van der Waals surface area contributed by atoms with Crippen molar-refractivity contribution in [3.8, 4) is 45.0 Å². The fraction of sp³-hybridized carbons (Fsp3) is 0.250. The Morgan fingerprint density at radius 1 is 0.487 bits per heavy atom. The number of aryl methyl sites for hydroxylation is 3. The standard InChI is InChI=1S/C26H27N5O2S.C21H22BrN3O2.C21H24N4O2.C14H9BrN2O2.C6H7NS2.HI/c1-29-13-2-4-21(29)12-14-30-23-11-8-20(28-26(27)25-5-3-15-34-25)16-19(23)17-24(30)18-6-9-22(10-7-18)31(32)33;2*1-23-11-2-3-18(23)10-12-24-20-9-6-17(22)13-16(20)14-21(24)15-4-7-19(8-5-15)25(26)27;15-11-3-6-13-10(7-11)8-14(16-13)9-1-4-12(5-2-9)17(18)19;1-8-6(7)5-3-2-4-9-5;/h3,5-11,15-17,21H,2,4,12-14H2,1H3,(H2,27,28);4-9,13-14,18H,2-3,10-12H2,1H3;4-9,13-14,18H,2-3,10-12,22H2,1H3;1-8,16H;2-4,7H,1H3;1H. The predicted octanol–water partition coefficient (Wildman–Crippen LogP) is 23.1. The molecule has 3 aliphatic rings. The lowest BCUT2D eigenvalue weighted by atomic mass is 10.1. The molecule has 117 heavy (non-hydrogen) atoms. The highest BCUT2D eigenvalue weighted by molar-refractivity contribution is 14.0. The van der Waals surface area contributed by atoms with Crippen molar-refractivity contribution < 1.29 is 19.7 Å². The summed E-state index contributed by atoms with van der Waals surface area (Å²) in [5.41, 5.74) is 26.7. The van der Waals surface area contributed by atoms with Crippen molar-refractivity contribution in [1.29, 1.82) is 5.41 Å². The number of fused-ring (bicyclic) bond motifs is 4. The second kappa shape index (κ2) is 39.8. The van der Waals surface area contributed by atoms with Crippen LogP contribution in [0, 0.1) is 45.9 Å². The highest BCUT2D eigenvalue weighted by atomic mass is 127. The van der Waals surface area contributed by atoms with Crippen LogP contribution in [-0.2, 0) is 19.6 Å². The zero-order valence-electron chi connectivity index (χ0n) is 65.0. The number of thiophene rings is 2. The molecule has 3 atom stereocenters. The minimum atomic E-state index is -0.397. The summed E-state index contributed by atoms with van der Waals surface area (Å²) in [6.07, 6.45) is 12.7. The normalized spacial score (nSPS) is 15.5. The van der Waals surface area contributed by atoms with E-state index < -0.39 is 4.92 Å². The molecule has 6 aromatic heterocycles. The first-order valence-corrected chi connectivity index (χ1v) is 42.8. The number of nitrogens with zero attached hydrogens (tertiary/aromatic N) is 11. The molecule has 14 aromatic rings. The molecule has 604 valence electrons. The number of likely N-dealkylation sites (tertiary alicyclic amines) is 3. The van der Waals surface area contributed by atoms with Gasteiger partial charge >= 0.3 is 0 Å². The van der Waals surface area contributed by atoms with Gasteiger partial charge in [-0.2, -0.15) is 0 Å². The van der Waals surface area contributed by atoms with Crippen LogP contribution in [0.5, 0.6) is 0 Å². The average molecular weight is 1870 g/mol. The van der Waals surface area contributed by atoms with Crippen LogP contribution in [0.4, 0.5) is 34.1 Å². The maximum absolute atomic E-state index is 11.1. The van der Waals surface area contributed by atoms with E-state index in [0.29, 0.717) is 29.0 Å². The van der Waals surface area contributed by atoms with E-state index in [-0.39, 0.29) is 61.5 Å². The van der Waals surface area contributed by atoms with Gasteiger partial charge in [0.25, 0.3) is 22.7 Å². The van der Waals surface area contributed by atoms with Gasteiger partial charge in [-0.1, -0.05) is 44.0 Å². The van der Waals surface area contributed by atoms with Crippen molar-refractivity contribution in [2.45, 2.75) is 95.5 Å². The van der Waals surface area contributed by atoms with Gasteiger partial charge in [0.1, 0.15) is 10.9 Å². The molecule has 17 rings (SSSR count). The van der Waals surface area contributed by atoms with Crippen molar-refractivity contribution >= 4 is 179 Å². The van der Waals surface area contributed by atoms with Crippen molar-refractivity contribution in [2.75, 3.05) is 52.8 Å². The second-order valence-corrected chi connectivity index (χ2v) is 33.7. The molecule has 23 nitrogen and oxygen atoms in total. The van der Waals surface area contributed by atoms with Crippen LogP contribution in [0.2, 0.25) is 0 Å². The Hall–Kier alpha value is -10.2. The van der Waals surface area contributed by atoms with Crippen LogP contribution in [0.25, 0.3) is 88.6 Å².